The van der Waals surface area contributed by atoms with Crippen molar-refractivity contribution in [1.82, 2.24) is 68.9 Å². The molecule has 0 bridgehead atoms. The number of nitrogens with zero attached hydrogens (tertiary/aromatic N) is 12. The molecule has 2 aromatic carbocycles. The standard InChI is InChI=1S/C25H23FN8O2.C22H20BrFN6O2/c1-36-22-6-5-21(32-9-8-27-15-32)19(24(22)26)10-28-25(35)20-14-34(31-30-20)13-18-12-33-11-17(16-2-3-16)4-7-23(33)29-18;1-32-19-6-5-17(23)16(21(19)24)8-25-22(31)18-12-30(28-27-18)11-15-10-29-9-14(13-2-3-13)4-7-20(29)26-15/h4-9,11-12,14-16H,2-3,10,13H2,1H3,(H,28,35);4-7,9-10,12-13H,2-3,8,11H2,1H3,(H,25,31). The third-order valence-electron chi connectivity index (χ3n) is 11.7. The molecule has 2 fully saturated rings. The molecule has 0 aliphatic heterocycles. The average molecular weight is 986 g/mol. The van der Waals surface area contributed by atoms with Crippen LogP contribution in [-0.2, 0) is 26.2 Å². The fourth-order valence-corrected chi connectivity index (χ4v) is 8.30. The molecule has 0 atom stereocenters. The second-order valence-electron chi connectivity index (χ2n) is 16.5. The molecule has 0 spiro atoms. The van der Waals surface area contributed by atoms with Gasteiger partial charge in [0.1, 0.15) is 11.3 Å². The number of rotatable bonds is 15. The number of benzene rings is 2. The topological polar surface area (TPSA) is 190 Å². The number of ether oxygens (including phenoxy) is 2. The number of pyridine rings is 2. The Morgan fingerprint density at radius 3 is 1.69 bits per heavy atom. The molecule has 2 aliphatic rings. The highest BCUT2D eigenvalue weighted by atomic mass is 79.9. The van der Waals surface area contributed by atoms with Crippen molar-refractivity contribution in [2.45, 2.75) is 63.7 Å². The Labute approximate surface area is 395 Å². The summed E-state index contributed by atoms with van der Waals surface area (Å²) < 4.78 is 48.9. The molecule has 2 amide bonds. The van der Waals surface area contributed by atoms with E-state index < -0.39 is 23.4 Å². The Balaban J connectivity index is 0.000000160. The van der Waals surface area contributed by atoms with E-state index in [2.05, 4.69) is 86.7 Å². The van der Waals surface area contributed by atoms with Crippen molar-refractivity contribution < 1.29 is 27.8 Å². The summed E-state index contributed by atoms with van der Waals surface area (Å²) in [6.07, 6.45) is 21.1. The molecule has 21 heteroatoms. The second kappa shape index (κ2) is 18.8. The minimum atomic E-state index is -0.552. The molecule has 68 heavy (non-hydrogen) atoms. The van der Waals surface area contributed by atoms with Crippen LogP contribution in [0.25, 0.3) is 17.0 Å². The van der Waals surface area contributed by atoms with Crippen molar-refractivity contribution in [1.29, 1.82) is 0 Å². The van der Waals surface area contributed by atoms with Crippen LogP contribution in [0.3, 0.4) is 0 Å². The van der Waals surface area contributed by atoms with E-state index in [0.717, 1.165) is 22.7 Å². The van der Waals surface area contributed by atoms with Gasteiger partial charge in [-0.1, -0.05) is 38.5 Å². The summed E-state index contributed by atoms with van der Waals surface area (Å²) in [5, 5.41) is 21.4. The zero-order chi connectivity index (χ0) is 46.9. The van der Waals surface area contributed by atoms with Gasteiger partial charge in [-0.05, 0) is 85.0 Å². The van der Waals surface area contributed by atoms with Crippen molar-refractivity contribution in [2.24, 2.45) is 0 Å². The fourth-order valence-electron chi connectivity index (χ4n) is 7.86. The van der Waals surface area contributed by atoms with Crippen LogP contribution >= 0.6 is 15.9 Å². The van der Waals surface area contributed by atoms with Crippen LogP contribution in [0.4, 0.5) is 8.78 Å². The Morgan fingerprint density at radius 1 is 0.676 bits per heavy atom. The van der Waals surface area contributed by atoms with Crippen LogP contribution in [-0.4, -0.2) is 84.3 Å². The van der Waals surface area contributed by atoms with Crippen molar-refractivity contribution >= 4 is 39.0 Å². The molecule has 11 rings (SSSR count). The van der Waals surface area contributed by atoms with E-state index in [1.807, 2.05) is 33.3 Å². The highest BCUT2D eigenvalue weighted by Gasteiger charge is 2.25. The number of imidazole rings is 3. The molecule has 9 aromatic rings. The lowest BCUT2D eigenvalue weighted by Crippen LogP contribution is -2.24. The summed E-state index contributed by atoms with van der Waals surface area (Å²) in [5.74, 6) is -0.456. The summed E-state index contributed by atoms with van der Waals surface area (Å²) in [7, 11) is 2.78. The van der Waals surface area contributed by atoms with Crippen LogP contribution in [0.15, 0.2) is 109 Å². The molecular weight excluding hydrogens is 943 g/mol. The van der Waals surface area contributed by atoms with Crippen LogP contribution in [0, 0.1) is 11.6 Å². The normalized spacial score (nSPS) is 13.4. The molecule has 2 N–H and O–H groups in total. The predicted octanol–water partition coefficient (Wildman–Crippen LogP) is 6.81. The number of aromatic nitrogens is 12. The van der Waals surface area contributed by atoms with E-state index in [1.54, 1.807) is 57.2 Å². The van der Waals surface area contributed by atoms with Crippen LogP contribution in [0.2, 0.25) is 0 Å². The third-order valence-corrected chi connectivity index (χ3v) is 12.5. The number of carbonyl (C=O) groups is 2. The first kappa shape index (κ1) is 44.0. The predicted molar refractivity (Wildman–Crippen MR) is 246 cm³/mol. The first-order chi connectivity index (χ1) is 33.1. The number of methoxy groups -OCH3 is 2. The summed E-state index contributed by atoms with van der Waals surface area (Å²) in [6.45, 7) is 0.663. The summed E-state index contributed by atoms with van der Waals surface area (Å²) >= 11 is 3.30. The SMILES string of the molecule is COc1ccc(-n2ccnc2)c(CNC(=O)c2cn(Cc3cn4cc(C5CC5)ccc4n3)nn2)c1F.COc1ccc(Br)c(CNC(=O)c2cn(Cc3cn4cc(C5CC5)ccc4n3)nn2)c1F. The van der Waals surface area contributed by atoms with Crippen LogP contribution in [0.5, 0.6) is 11.5 Å². The minimum absolute atomic E-state index is 0.0227. The Hall–Kier alpha value is -7.81. The van der Waals surface area contributed by atoms with Gasteiger partial charge >= 0.3 is 0 Å². The molecule has 0 unspecified atom stereocenters. The Morgan fingerprint density at radius 2 is 1.19 bits per heavy atom. The van der Waals surface area contributed by atoms with Gasteiger partial charge in [0.05, 0.1) is 63.1 Å². The van der Waals surface area contributed by atoms with Crippen molar-refractivity contribution in [2.75, 3.05) is 14.2 Å². The quantitative estimate of drug-likeness (QED) is 0.110. The van der Waals surface area contributed by atoms with Crippen molar-refractivity contribution in [3.05, 3.63) is 166 Å². The number of hydrogen-bond donors (Lipinski definition) is 2. The van der Waals surface area contributed by atoms with E-state index >= 15 is 4.39 Å². The van der Waals surface area contributed by atoms with Gasteiger partial charge in [-0.25, -0.2) is 33.1 Å². The molecule has 18 nitrogen and oxygen atoms in total. The monoisotopic (exact) mass is 984 g/mol. The number of hydrogen-bond acceptors (Lipinski definition) is 11. The summed E-state index contributed by atoms with van der Waals surface area (Å²) in [6, 6.07) is 14.7. The average Bonchev–Trinajstić information content (AvgIpc) is 4.00. The zero-order valence-corrected chi connectivity index (χ0v) is 38.3. The minimum Gasteiger partial charge on any atom is -0.494 e. The van der Waals surface area contributed by atoms with Crippen molar-refractivity contribution in [3.63, 3.8) is 0 Å². The highest BCUT2D eigenvalue weighted by Crippen LogP contribution is 2.40. The van der Waals surface area contributed by atoms with Gasteiger partial charge < -0.3 is 33.5 Å². The first-order valence-electron chi connectivity index (χ1n) is 21.8. The molecule has 7 heterocycles. The molecule has 0 saturated heterocycles. The van der Waals surface area contributed by atoms with Gasteiger partial charge in [-0.3, -0.25) is 9.59 Å². The number of carbonyl (C=O) groups excluding carboxylic acids is 2. The molecular formula is C47H43BrF2N14O4. The Kier molecular flexibility index (Phi) is 12.2. The van der Waals surface area contributed by atoms with E-state index in [9.17, 15) is 14.0 Å². The lowest BCUT2D eigenvalue weighted by molar-refractivity contribution is 0.0937. The van der Waals surface area contributed by atoms with Crippen LogP contribution < -0.4 is 20.1 Å². The molecule has 7 aromatic heterocycles. The maximum absolute atomic E-state index is 15.0. The second-order valence-corrected chi connectivity index (χ2v) is 17.4. The van der Waals surface area contributed by atoms with Gasteiger partial charge in [0.25, 0.3) is 11.8 Å². The highest BCUT2D eigenvalue weighted by molar-refractivity contribution is 9.10. The van der Waals surface area contributed by atoms with Gasteiger partial charge in [0, 0.05) is 65.9 Å². The smallest absolute Gasteiger partial charge is 0.273 e. The van der Waals surface area contributed by atoms with E-state index in [1.165, 1.54) is 63.2 Å². The lowest BCUT2D eigenvalue weighted by atomic mass is 10.1. The number of halogens is 3. The zero-order valence-electron chi connectivity index (χ0n) is 36.8. The largest absolute Gasteiger partial charge is 0.494 e. The molecule has 0 radical (unpaired) electrons. The number of fused-ring (bicyclic) bond motifs is 2. The lowest BCUT2D eigenvalue weighted by Gasteiger charge is -2.14. The summed E-state index contributed by atoms with van der Waals surface area (Å²) in [5.41, 5.74) is 7.40. The summed E-state index contributed by atoms with van der Waals surface area (Å²) in [4.78, 5) is 38.5. The fraction of sp³-hybridized carbons (Fsp3) is 0.255. The molecule has 2 saturated carbocycles. The van der Waals surface area contributed by atoms with Gasteiger partial charge in [0.15, 0.2) is 34.5 Å². The maximum atomic E-state index is 15.0. The van der Waals surface area contributed by atoms with E-state index in [-0.39, 0.29) is 41.5 Å². The third kappa shape index (κ3) is 9.55. The molecule has 2 aliphatic carbocycles. The molecule has 346 valence electrons. The first-order valence-corrected chi connectivity index (χ1v) is 22.6. The maximum Gasteiger partial charge on any atom is 0.273 e. The van der Waals surface area contributed by atoms with Gasteiger partial charge in [-0.15, -0.1) is 10.2 Å². The van der Waals surface area contributed by atoms with E-state index in [0.29, 0.717) is 40.6 Å². The number of nitrogens with one attached hydrogen (secondary N) is 2. The van der Waals surface area contributed by atoms with Crippen LogP contribution in [0.1, 0.15) is 92.1 Å². The van der Waals surface area contributed by atoms with Gasteiger partial charge in [0.2, 0.25) is 0 Å². The number of amides is 2. The van der Waals surface area contributed by atoms with Crippen molar-refractivity contribution in [3.8, 4) is 17.2 Å². The van der Waals surface area contributed by atoms with E-state index in [4.69, 9.17) is 9.47 Å². The Bertz CT molecular complexity index is 3300. The van der Waals surface area contributed by atoms with Gasteiger partial charge in [-0.2, -0.15) is 0 Å².